The molecule has 0 saturated carbocycles. The van der Waals surface area contributed by atoms with Gasteiger partial charge in [-0.1, -0.05) is 17.7 Å². The molecule has 0 aliphatic rings. The van der Waals surface area contributed by atoms with Crippen LogP contribution in [0, 0.1) is 11.6 Å². The normalized spacial score (nSPS) is 12.8. The molecule has 0 fully saturated rings. The van der Waals surface area contributed by atoms with Crippen molar-refractivity contribution in [2.45, 2.75) is 6.04 Å². The summed E-state index contributed by atoms with van der Waals surface area (Å²) in [4.78, 5) is 0. The molecule has 1 unspecified atom stereocenters. The van der Waals surface area contributed by atoms with Crippen molar-refractivity contribution in [2.75, 3.05) is 0 Å². The Labute approximate surface area is 116 Å². The average molecular weight is 337 g/mol. The van der Waals surface area contributed by atoms with Gasteiger partial charge in [0.2, 0.25) is 0 Å². The van der Waals surface area contributed by atoms with E-state index in [1.165, 1.54) is 16.9 Å². The molecule has 1 aromatic carbocycles. The minimum absolute atomic E-state index is 0.00716. The summed E-state index contributed by atoms with van der Waals surface area (Å²) in [7, 11) is 1.68. The molecule has 1 heterocycles. The number of rotatable bonds is 2. The summed E-state index contributed by atoms with van der Waals surface area (Å²) in [5.41, 5.74) is 6.95. The van der Waals surface area contributed by atoms with Crippen molar-refractivity contribution in [1.29, 1.82) is 0 Å². The zero-order chi connectivity index (χ0) is 13.4. The maximum atomic E-state index is 13.5. The molecule has 7 heteroatoms. The predicted molar refractivity (Wildman–Crippen MR) is 68.3 cm³/mol. The summed E-state index contributed by atoms with van der Waals surface area (Å²) in [5.74, 6) is -1.91. The number of hydrogen-bond acceptors (Lipinski definition) is 2. The number of hydrogen-bond donors (Lipinski definition) is 1. The highest BCUT2D eigenvalue weighted by Gasteiger charge is 2.22. The van der Waals surface area contributed by atoms with Crippen molar-refractivity contribution in [3.63, 3.8) is 0 Å². The lowest BCUT2D eigenvalue weighted by Crippen LogP contribution is -2.17. The third kappa shape index (κ3) is 2.15. The molecular weight excluding hydrogens is 327 g/mol. The van der Waals surface area contributed by atoms with Crippen LogP contribution in [0.3, 0.4) is 0 Å². The van der Waals surface area contributed by atoms with Gasteiger partial charge in [-0.15, -0.1) is 0 Å². The Bertz CT molecular complexity index is 581. The van der Waals surface area contributed by atoms with E-state index in [9.17, 15) is 8.78 Å². The second-order valence-corrected chi connectivity index (χ2v) is 4.94. The van der Waals surface area contributed by atoms with Gasteiger partial charge in [0.15, 0.2) is 11.6 Å². The quantitative estimate of drug-likeness (QED) is 0.856. The van der Waals surface area contributed by atoms with Crippen LogP contribution in [-0.4, -0.2) is 9.78 Å². The van der Waals surface area contributed by atoms with Gasteiger partial charge in [0.1, 0.15) is 0 Å². The minimum atomic E-state index is -0.971. The smallest absolute Gasteiger partial charge is 0.173 e. The Morgan fingerprint density at radius 1 is 1.44 bits per heavy atom. The molecule has 0 aliphatic heterocycles. The molecule has 2 N–H and O–H groups in total. The fourth-order valence-corrected chi connectivity index (χ4v) is 2.55. The molecule has 96 valence electrons. The van der Waals surface area contributed by atoms with Crippen molar-refractivity contribution in [3.8, 4) is 0 Å². The van der Waals surface area contributed by atoms with E-state index in [1.807, 2.05) is 0 Å². The van der Waals surface area contributed by atoms with Gasteiger partial charge in [-0.05, 0) is 27.6 Å². The number of nitrogens with two attached hydrogens (primary N) is 1. The van der Waals surface area contributed by atoms with E-state index >= 15 is 0 Å². The van der Waals surface area contributed by atoms with Crippen LogP contribution < -0.4 is 5.73 Å². The van der Waals surface area contributed by atoms with Gasteiger partial charge in [-0.3, -0.25) is 4.68 Å². The topological polar surface area (TPSA) is 43.8 Å². The first kappa shape index (κ1) is 13.5. The number of halogens is 4. The predicted octanol–water partition coefficient (Wildman–Crippen LogP) is 3.16. The van der Waals surface area contributed by atoms with E-state index in [0.29, 0.717) is 16.3 Å². The first-order valence-electron chi connectivity index (χ1n) is 4.99. The van der Waals surface area contributed by atoms with Crippen LogP contribution >= 0.6 is 27.5 Å². The van der Waals surface area contributed by atoms with Gasteiger partial charge < -0.3 is 5.73 Å². The van der Waals surface area contributed by atoms with Crippen molar-refractivity contribution in [2.24, 2.45) is 12.8 Å². The van der Waals surface area contributed by atoms with Crippen molar-refractivity contribution in [3.05, 3.63) is 50.7 Å². The second kappa shape index (κ2) is 4.95. The van der Waals surface area contributed by atoms with Gasteiger partial charge >= 0.3 is 0 Å². The monoisotopic (exact) mass is 335 g/mol. The highest BCUT2D eigenvalue weighted by molar-refractivity contribution is 9.10. The Hall–Kier alpha value is -0.980. The molecule has 2 aromatic rings. The summed E-state index contributed by atoms with van der Waals surface area (Å²) in [5, 5.41) is 4.33. The molecular formula is C11H9BrClF2N3. The zero-order valence-electron chi connectivity index (χ0n) is 9.29. The third-order valence-corrected chi connectivity index (χ3v) is 3.73. The van der Waals surface area contributed by atoms with Crippen LogP contribution in [0.15, 0.2) is 22.8 Å². The molecule has 0 saturated heterocycles. The first-order valence-corrected chi connectivity index (χ1v) is 6.17. The van der Waals surface area contributed by atoms with Gasteiger partial charge in [0, 0.05) is 7.05 Å². The van der Waals surface area contributed by atoms with E-state index in [0.717, 1.165) is 6.07 Å². The van der Waals surface area contributed by atoms with E-state index in [2.05, 4.69) is 21.0 Å². The Balaban J connectivity index is 2.53. The maximum absolute atomic E-state index is 13.5. The average Bonchev–Trinajstić information content (AvgIpc) is 2.65. The molecule has 0 amide bonds. The zero-order valence-corrected chi connectivity index (χ0v) is 11.6. The standard InChI is InChI=1S/C11H9BrClF2N3/c1-18-11(6(13)4-17-18)10(16)5-2-3-7(14)9(15)8(5)12/h2-4,10H,16H2,1H3. The van der Waals surface area contributed by atoms with E-state index in [4.69, 9.17) is 17.3 Å². The van der Waals surface area contributed by atoms with E-state index in [1.54, 1.807) is 7.05 Å². The van der Waals surface area contributed by atoms with Crippen molar-refractivity contribution in [1.82, 2.24) is 9.78 Å². The number of nitrogens with zero attached hydrogens (tertiary/aromatic N) is 2. The summed E-state index contributed by atoms with van der Waals surface area (Å²) in [6.07, 6.45) is 1.45. The summed E-state index contributed by atoms with van der Waals surface area (Å²) in [6.45, 7) is 0. The van der Waals surface area contributed by atoms with E-state index in [-0.39, 0.29) is 4.47 Å². The van der Waals surface area contributed by atoms with Crippen LogP contribution in [-0.2, 0) is 7.05 Å². The number of aromatic nitrogens is 2. The van der Waals surface area contributed by atoms with Gasteiger partial charge in [0.25, 0.3) is 0 Å². The van der Waals surface area contributed by atoms with Crippen LogP contribution in [0.1, 0.15) is 17.3 Å². The third-order valence-electron chi connectivity index (χ3n) is 2.63. The Morgan fingerprint density at radius 2 is 2.11 bits per heavy atom. The SMILES string of the molecule is Cn1ncc(Cl)c1C(N)c1ccc(F)c(F)c1Br. The van der Waals surface area contributed by atoms with Gasteiger partial charge in [-0.25, -0.2) is 8.78 Å². The van der Waals surface area contributed by atoms with Gasteiger partial charge in [0.05, 0.1) is 27.4 Å². The molecule has 0 bridgehead atoms. The molecule has 2 rings (SSSR count). The summed E-state index contributed by atoms with van der Waals surface area (Å²) in [6, 6.07) is 1.74. The molecule has 1 aromatic heterocycles. The summed E-state index contributed by atoms with van der Waals surface area (Å²) < 4.78 is 28.0. The van der Waals surface area contributed by atoms with Crippen molar-refractivity contribution >= 4 is 27.5 Å². The fraction of sp³-hybridized carbons (Fsp3) is 0.182. The van der Waals surface area contributed by atoms with E-state index < -0.39 is 17.7 Å². The van der Waals surface area contributed by atoms with Crippen molar-refractivity contribution < 1.29 is 8.78 Å². The second-order valence-electron chi connectivity index (χ2n) is 3.74. The largest absolute Gasteiger partial charge is 0.319 e. The van der Waals surface area contributed by atoms with Crippen LogP contribution in [0.2, 0.25) is 5.02 Å². The molecule has 1 atom stereocenters. The first-order chi connectivity index (χ1) is 8.43. The number of benzene rings is 1. The molecule has 0 aliphatic carbocycles. The van der Waals surface area contributed by atoms with Gasteiger partial charge in [-0.2, -0.15) is 5.10 Å². The summed E-state index contributed by atoms with van der Waals surface area (Å²) >= 11 is 8.97. The molecule has 0 radical (unpaired) electrons. The van der Waals surface area contributed by atoms with Crippen LogP contribution in [0.4, 0.5) is 8.78 Å². The number of aryl methyl sites for hydroxylation is 1. The Kier molecular flexibility index (Phi) is 3.70. The molecule has 0 spiro atoms. The minimum Gasteiger partial charge on any atom is -0.319 e. The fourth-order valence-electron chi connectivity index (χ4n) is 1.70. The highest BCUT2D eigenvalue weighted by atomic mass is 79.9. The lowest BCUT2D eigenvalue weighted by Gasteiger charge is -2.15. The van der Waals surface area contributed by atoms with Crippen LogP contribution in [0.5, 0.6) is 0 Å². The highest BCUT2D eigenvalue weighted by Crippen LogP contribution is 2.32. The lowest BCUT2D eigenvalue weighted by molar-refractivity contribution is 0.500. The maximum Gasteiger partial charge on any atom is 0.173 e. The lowest BCUT2D eigenvalue weighted by atomic mass is 10.0. The molecule has 18 heavy (non-hydrogen) atoms. The van der Waals surface area contributed by atoms with Crippen LogP contribution in [0.25, 0.3) is 0 Å². The Morgan fingerprint density at radius 3 is 2.67 bits per heavy atom. The molecule has 3 nitrogen and oxygen atoms in total.